The average Bonchev–Trinajstić information content (AvgIpc) is 2.54. The van der Waals surface area contributed by atoms with E-state index >= 15 is 0 Å². The van der Waals surface area contributed by atoms with Crippen LogP contribution in [-0.2, 0) is 4.74 Å². The molecule has 0 aromatic carbocycles. The van der Waals surface area contributed by atoms with E-state index in [1.54, 1.807) is 6.33 Å². The molecule has 1 aromatic heterocycles. The molecule has 6 heteroatoms. The lowest BCUT2D eigenvalue weighted by Gasteiger charge is -2.26. The molecule has 3 N–H and O–H groups in total. The van der Waals surface area contributed by atoms with Gasteiger partial charge in [-0.25, -0.2) is 9.97 Å². The second-order valence-corrected chi connectivity index (χ2v) is 6.41. The molecule has 3 rings (SSSR count). The van der Waals surface area contributed by atoms with Crippen LogP contribution in [0, 0.1) is 5.92 Å². The highest BCUT2D eigenvalue weighted by Gasteiger charge is 2.20. The standard InChI is InChI=1S/C16H26N4O2/c21-14-5-1-3-12(7-14)9-17-15-8-16(19-11-18-15)20-13-4-2-6-22-10-13/h8,11-14,21H,1-7,9-10H2,(H2,17,18,19,20)/t12-,13-,14+/m0/s1. The Labute approximate surface area is 131 Å². The van der Waals surface area contributed by atoms with Gasteiger partial charge in [0.2, 0.25) is 0 Å². The van der Waals surface area contributed by atoms with Gasteiger partial charge in [0.05, 0.1) is 18.8 Å². The molecule has 22 heavy (non-hydrogen) atoms. The summed E-state index contributed by atoms with van der Waals surface area (Å²) in [6.45, 7) is 2.47. The molecule has 1 aromatic rings. The van der Waals surface area contributed by atoms with E-state index in [9.17, 15) is 5.11 Å². The normalized spacial score (nSPS) is 29.0. The lowest BCUT2D eigenvalue weighted by atomic mass is 9.87. The van der Waals surface area contributed by atoms with Crippen molar-refractivity contribution in [1.82, 2.24) is 9.97 Å². The summed E-state index contributed by atoms with van der Waals surface area (Å²) >= 11 is 0. The molecule has 2 fully saturated rings. The predicted octanol–water partition coefficient (Wildman–Crippen LogP) is 2.03. The summed E-state index contributed by atoms with van der Waals surface area (Å²) < 4.78 is 5.48. The molecular formula is C16H26N4O2. The van der Waals surface area contributed by atoms with Crippen LogP contribution in [0.25, 0.3) is 0 Å². The van der Waals surface area contributed by atoms with E-state index < -0.39 is 0 Å². The minimum Gasteiger partial charge on any atom is -0.393 e. The maximum Gasteiger partial charge on any atom is 0.131 e. The summed E-state index contributed by atoms with van der Waals surface area (Å²) in [7, 11) is 0. The Balaban J connectivity index is 1.50. The fraction of sp³-hybridized carbons (Fsp3) is 0.750. The third-order valence-electron chi connectivity index (χ3n) is 4.51. The molecule has 0 bridgehead atoms. The molecule has 0 unspecified atom stereocenters. The highest BCUT2D eigenvalue weighted by Crippen LogP contribution is 2.24. The van der Waals surface area contributed by atoms with Gasteiger partial charge < -0.3 is 20.5 Å². The first-order valence-corrected chi connectivity index (χ1v) is 8.38. The van der Waals surface area contributed by atoms with E-state index in [0.29, 0.717) is 12.0 Å². The first kappa shape index (κ1) is 15.5. The minimum atomic E-state index is -0.130. The molecule has 0 amide bonds. The van der Waals surface area contributed by atoms with Crippen LogP contribution in [-0.4, -0.2) is 47.0 Å². The van der Waals surface area contributed by atoms with Crippen molar-refractivity contribution < 1.29 is 9.84 Å². The van der Waals surface area contributed by atoms with Crippen LogP contribution in [0.2, 0.25) is 0 Å². The first-order chi connectivity index (χ1) is 10.8. The number of hydrogen-bond donors (Lipinski definition) is 3. The van der Waals surface area contributed by atoms with Gasteiger partial charge in [0.15, 0.2) is 0 Å². The number of rotatable bonds is 5. The quantitative estimate of drug-likeness (QED) is 0.772. The smallest absolute Gasteiger partial charge is 0.131 e. The summed E-state index contributed by atoms with van der Waals surface area (Å²) in [5.74, 6) is 2.22. The Hall–Kier alpha value is -1.40. The van der Waals surface area contributed by atoms with Crippen LogP contribution in [0.3, 0.4) is 0 Å². The van der Waals surface area contributed by atoms with E-state index in [2.05, 4.69) is 20.6 Å². The molecule has 0 spiro atoms. The first-order valence-electron chi connectivity index (χ1n) is 8.38. The van der Waals surface area contributed by atoms with E-state index in [1.807, 2.05) is 6.07 Å². The maximum absolute atomic E-state index is 9.73. The number of aromatic nitrogens is 2. The minimum absolute atomic E-state index is 0.130. The molecule has 3 atom stereocenters. The molecule has 0 radical (unpaired) electrons. The molecule has 2 heterocycles. The van der Waals surface area contributed by atoms with Gasteiger partial charge in [0.25, 0.3) is 0 Å². The highest BCUT2D eigenvalue weighted by atomic mass is 16.5. The van der Waals surface area contributed by atoms with Crippen LogP contribution < -0.4 is 10.6 Å². The van der Waals surface area contributed by atoms with Crippen LogP contribution in [0.4, 0.5) is 11.6 Å². The molecule has 1 aliphatic heterocycles. The summed E-state index contributed by atoms with van der Waals surface area (Å²) in [6.07, 6.45) is 7.80. The van der Waals surface area contributed by atoms with Gasteiger partial charge >= 0.3 is 0 Å². The predicted molar refractivity (Wildman–Crippen MR) is 86.0 cm³/mol. The zero-order valence-electron chi connectivity index (χ0n) is 13.0. The van der Waals surface area contributed by atoms with E-state index in [0.717, 1.165) is 63.5 Å². The van der Waals surface area contributed by atoms with Crippen LogP contribution in [0.15, 0.2) is 12.4 Å². The Morgan fingerprint density at radius 3 is 2.91 bits per heavy atom. The van der Waals surface area contributed by atoms with Crippen molar-refractivity contribution in [3.05, 3.63) is 12.4 Å². The molecule has 122 valence electrons. The zero-order valence-corrected chi connectivity index (χ0v) is 13.0. The average molecular weight is 306 g/mol. The summed E-state index contributed by atoms with van der Waals surface area (Å²) in [5, 5.41) is 16.5. The van der Waals surface area contributed by atoms with E-state index in [-0.39, 0.29) is 6.10 Å². The fourth-order valence-corrected chi connectivity index (χ4v) is 3.29. The van der Waals surface area contributed by atoms with Crippen molar-refractivity contribution >= 4 is 11.6 Å². The van der Waals surface area contributed by atoms with Crippen molar-refractivity contribution in [2.75, 3.05) is 30.4 Å². The summed E-state index contributed by atoms with van der Waals surface area (Å²) in [5.41, 5.74) is 0. The Kier molecular flexibility index (Phi) is 5.45. The topological polar surface area (TPSA) is 79.3 Å². The van der Waals surface area contributed by atoms with Crippen molar-refractivity contribution in [2.24, 2.45) is 5.92 Å². The van der Waals surface area contributed by atoms with Gasteiger partial charge in [0, 0.05) is 19.2 Å². The molecule has 1 saturated carbocycles. The molecule has 1 saturated heterocycles. The third kappa shape index (κ3) is 4.55. The second-order valence-electron chi connectivity index (χ2n) is 6.41. The van der Waals surface area contributed by atoms with Crippen LogP contribution >= 0.6 is 0 Å². The van der Waals surface area contributed by atoms with Crippen molar-refractivity contribution in [1.29, 1.82) is 0 Å². The van der Waals surface area contributed by atoms with Crippen molar-refractivity contribution in [2.45, 2.75) is 50.7 Å². The summed E-state index contributed by atoms with van der Waals surface area (Å²) in [4.78, 5) is 8.56. The van der Waals surface area contributed by atoms with Gasteiger partial charge in [-0.05, 0) is 38.0 Å². The van der Waals surface area contributed by atoms with Crippen LogP contribution in [0.1, 0.15) is 38.5 Å². The fourth-order valence-electron chi connectivity index (χ4n) is 3.29. The lowest BCUT2D eigenvalue weighted by molar-refractivity contribution is 0.0875. The number of anilines is 2. The second kappa shape index (κ2) is 7.74. The van der Waals surface area contributed by atoms with Crippen molar-refractivity contribution in [3.8, 4) is 0 Å². The monoisotopic (exact) mass is 306 g/mol. The Morgan fingerprint density at radius 1 is 1.18 bits per heavy atom. The van der Waals surface area contributed by atoms with E-state index in [4.69, 9.17) is 4.74 Å². The molecule has 6 nitrogen and oxygen atoms in total. The van der Waals surface area contributed by atoms with E-state index in [1.165, 1.54) is 6.42 Å². The highest BCUT2D eigenvalue weighted by molar-refractivity contribution is 5.47. The summed E-state index contributed by atoms with van der Waals surface area (Å²) in [6, 6.07) is 2.29. The number of hydrogen-bond acceptors (Lipinski definition) is 6. The SMILES string of the molecule is O[C@@H]1CCC[C@H](CNc2cc(N[C@H]3CCCOC3)ncn2)C1. The zero-order chi connectivity index (χ0) is 15.2. The molecule has 2 aliphatic rings. The van der Waals surface area contributed by atoms with Crippen molar-refractivity contribution in [3.63, 3.8) is 0 Å². The number of ether oxygens (including phenoxy) is 1. The lowest BCUT2D eigenvalue weighted by Crippen LogP contribution is -2.30. The van der Waals surface area contributed by atoms with Gasteiger partial charge in [-0.15, -0.1) is 0 Å². The van der Waals surface area contributed by atoms with Gasteiger partial charge in [-0.1, -0.05) is 6.42 Å². The number of nitrogens with one attached hydrogen (secondary N) is 2. The number of aliphatic hydroxyl groups excluding tert-OH is 1. The molecular weight excluding hydrogens is 280 g/mol. The van der Waals surface area contributed by atoms with Gasteiger partial charge in [0.1, 0.15) is 18.0 Å². The molecule has 1 aliphatic carbocycles. The van der Waals surface area contributed by atoms with Crippen LogP contribution in [0.5, 0.6) is 0 Å². The number of aliphatic hydroxyl groups is 1. The van der Waals surface area contributed by atoms with Gasteiger partial charge in [-0.3, -0.25) is 0 Å². The van der Waals surface area contributed by atoms with Gasteiger partial charge in [-0.2, -0.15) is 0 Å². The maximum atomic E-state index is 9.73. The Bertz CT molecular complexity index is 465. The largest absolute Gasteiger partial charge is 0.393 e. The third-order valence-corrected chi connectivity index (χ3v) is 4.51. The number of nitrogens with zero attached hydrogens (tertiary/aromatic N) is 2. The Morgan fingerprint density at radius 2 is 2.09 bits per heavy atom.